The molecule has 120 valence electrons. The first-order chi connectivity index (χ1) is 11.0. The summed E-state index contributed by atoms with van der Waals surface area (Å²) in [6.07, 6.45) is 2.64. The third kappa shape index (κ3) is 2.59. The third-order valence-electron chi connectivity index (χ3n) is 5.48. The average Bonchev–Trinajstić information content (AvgIpc) is 3.03. The van der Waals surface area contributed by atoms with E-state index in [1.54, 1.807) is 22.3 Å². The number of benzene rings is 2. The molecule has 0 saturated heterocycles. The fourth-order valence-electron chi connectivity index (χ4n) is 4.39. The van der Waals surface area contributed by atoms with Crippen LogP contribution in [-0.4, -0.2) is 11.8 Å². The van der Waals surface area contributed by atoms with Gasteiger partial charge in [0.1, 0.15) is 0 Å². The molecule has 0 radical (unpaired) electrons. The predicted octanol–water partition coefficient (Wildman–Crippen LogP) is 6.89. The molecule has 2 heterocycles. The lowest BCUT2D eigenvalue weighted by Crippen LogP contribution is -2.16. The second-order valence-electron chi connectivity index (χ2n) is 8.00. The average molecular weight is 340 g/mol. The SMILES string of the molecule is C[P@]1Cc2ccccc2[C@H]1[C@@H]1c2ccccc2C[P@@]1C(C)(C)C. The van der Waals surface area contributed by atoms with Crippen molar-refractivity contribution in [2.24, 2.45) is 0 Å². The molecule has 2 aromatic rings. The molecular weight excluding hydrogens is 314 g/mol. The van der Waals surface area contributed by atoms with E-state index < -0.39 is 0 Å². The Labute approximate surface area is 143 Å². The maximum Gasteiger partial charge on any atom is 0.0161 e. The van der Waals surface area contributed by atoms with E-state index in [9.17, 15) is 0 Å². The second-order valence-corrected chi connectivity index (χ2v) is 13.5. The highest BCUT2D eigenvalue weighted by Gasteiger charge is 2.46. The Bertz CT molecular complexity index is 729. The monoisotopic (exact) mass is 340 g/mol. The Morgan fingerprint density at radius 2 is 1.30 bits per heavy atom. The van der Waals surface area contributed by atoms with E-state index in [0.29, 0.717) is 5.16 Å². The van der Waals surface area contributed by atoms with E-state index in [2.05, 4.69) is 76.0 Å². The van der Waals surface area contributed by atoms with Gasteiger partial charge >= 0.3 is 0 Å². The van der Waals surface area contributed by atoms with Crippen molar-refractivity contribution in [3.63, 3.8) is 0 Å². The minimum Gasteiger partial charge on any atom is -0.0967 e. The van der Waals surface area contributed by atoms with Crippen molar-refractivity contribution in [2.75, 3.05) is 6.66 Å². The fourth-order valence-corrected chi connectivity index (χ4v) is 11.2. The van der Waals surface area contributed by atoms with Crippen molar-refractivity contribution < 1.29 is 0 Å². The molecule has 0 spiro atoms. The molecule has 2 aromatic carbocycles. The molecule has 0 aliphatic carbocycles. The smallest absolute Gasteiger partial charge is 0.0161 e. The third-order valence-corrected chi connectivity index (χ3v) is 11.7. The van der Waals surface area contributed by atoms with Gasteiger partial charge in [0.25, 0.3) is 0 Å². The van der Waals surface area contributed by atoms with Crippen LogP contribution in [0.1, 0.15) is 54.3 Å². The van der Waals surface area contributed by atoms with Crippen molar-refractivity contribution in [1.29, 1.82) is 0 Å². The largest absolute Gasteiger partial charge is 0.0967 e. The van der Waals surface area contributed by atoms with Gasteiger partial charge in [-0.25, -0.2) is 0 Å². The van der Waals surface area contributed by atoms with E-state index in [1.165, 1.54) is 12.3 Å². The summed E-state index contributed by atoms with van der Waals surface area (Å²) < 4.78 is 0. The lowest BCUT2D eigenvalue weighted by atomic mass is 9.98. The Hall–Kier alpha value is -0.700. The Kier molecular flexibility index (Phi) is 3.91. The Morgan fingerprint density at radius 3 is 1.91 bits per heavy atom. The van der Waals surface area contributed by atoms with Crippen LogP contribution in [0, 0.1) is 0 Å². The predicted molar refractivity (Wildman–Crippen MR) is 105 cm³/mol. The summed E-state index contributed by atoms with van der Waals surface area (Å²) in [5.41, 5.74) is 8.13. The van der Waals surface area contributed by atoms with Gasteiger partial charge in [-0.1, -0.05) is 85.1 Å². The molecule has 0 amide bonds. The van der Waals surface area contributed by atoms with Gasteiger partial charge in [0, 0.05) is 11.3 Å². The van der Waals surface area contributed by atoms with Crippen molar-refractivity contribution in [3.8, 4) is 0 Å². The molecule has 0 N–H and O–H groups in total. The van der Waals surface area contributed by atoms with Crippen LogP contribution in [0.25, 0.3) is 0 Å². The Balaban J connectivity index is 1.85. The zero-order valence-corrected chi connectivity index (χ0v) is 16.4. The zero-order valence-electron chi connectivity index (χ0n) is 14.6. The van der Waals surface area contributed by atoms with Gasteiger partial charge < -0.3 is 0 Å². The molecule has 4 atom stereocenters. The maximum atomic E-state index is 2.54. The van der Waals surface area contributed by atoms with Crippen LogP contribution in [0.15, 0.2) is 48.5 Å². The first kappa shape index (κ1) is 15.8. The molecule has 0 unspecified atom stereocenters. The van der Waals surface area contributed by atoms with Gasteiger partial charge in [-0.3, -0.25) is 0 Å². The van der Waals surface area contributed by atoms with Crippen molar-refractivity contribution >= 4 is 15.8 Å². The van der Waals surface area contributed by atoms with Crippen LogP contribution < -0.4 is 0 Å². The van der Waals surface area contributed by atoms with E-state index in [1.807, 2.05) is 0 Å². The van der Waals surface area contributed by atoms with Gasteiger partial charge in [-0.05, 0) is 46.4 Å². The van der Waals surface area contributed by atoms with Crippen molar-refractivity contribution in [3.05, 3.63) is 70.8 Å². The molecule has 0 fully saturated rings. The lowest BCUT2D eigenvalue weighted by molar-refractivity contribution is 0.757. The lowest BCUT2D eigenvalue weighted by Gasteiger charge is -2.38. The molecular formula is C21H26P2. The first-order valence-electron chi connectivity index (χ1n) is 8.59. The minimum atomic E-state index is -0.0223. The van der Waals surface area contributed by atoms with Crippen LogP contribution >= 0.6 is 15.8 Å². The highest BCUT2D eigenvalue weighted by atomic mass is 31.1. The molecule has 0 nitrogen and oxygen atoms in total. The van der Waals surface area contributed by atoms with Crippen LogP contribution in [0.5, 0.6) is 0 Å². The highest BCUT2D eigenvalue weighted by Crippen LogP contribution is 2.77. The molecule has 2 aliphatic rings. The molecule has 0 saturated carbocycles. The fraction of sp³-hybridized carbons (Fsp3) is 0.429. The van der Waals surface area contributed by atoms with Gasteiger partial charge in [-0.15, -0.1) is 0 Å². The van der Waals surface area contributed by atoms with E-state index in [-0.39, 0.29) is 15.8 Å². The summed E-state index contributed by atoms with van der Waals surface area (Å²) in [7, 11) is 0.0293. The van der Waals surface area contributed by atoms with E-state index in [4.69, 9.17) is 0 Å². The van der Waals surface area contributed by atoms with E-state index >= 15 is 0 Å². The standard InChI is InChI=1S/C21H26P2/c1-21(2,3)23-14-16-10-6-8-12-18(16)20(23)19-17-11-7-5-9-15(17)13-22(19)4/h5-12,19-20H,13-14H2,1-4H3/t19-,20-,22+,23+/m0/s1. The molecule has 23 heavy (non-hydrogen) atoms. The number of hydrogen-bond donors (Lipinski definition) is 0. The van der Waals surface area contributed by atoms with Gasteiger partial charge in [0.15, 0.2) is 0 Å². The van der Waals surface area contributed by atoms with Gasteiger partial charge in [0.05, 0.1) is 0 Å². The van der Waals surface area contributed by atoms with E-state index in [0.717, 1.165) is 11.3 Å². The van der Waals surface area contributed by atoms with Crippen molar-refractivity contribution in [1.82, 2.24) is 0 Å². The minimum absolute atomic E-state index is 0.0223. The molecule has 2 heteroatoms. The summed E-state index contributed by atoms with van der Waals surface area (Å²) in [6, 6.07) is 18.6. The van der Waals surface area contributed by atoms with Crippen LogP contribution in [0.2, 0.25) is 0 Å². The normalized spacial score (nSPS) is 29.4. The van der Waals surface area contributed by atoms with Crippen LogP contribution in [-0.2, 0) is 12.3 Å². The number of hydrogen-bond acceptors (Lipinski definition) is 0. The molecule has 2 aliphatic heterocycles. The zero-order chi connectivity index (χ0) is 16.2. The number of rotatable bonds is 1. The highest BCUT2D eigenvalue weighted by molar-refractivity contribution is 7.62. The summed E-state index contributed by atoms with van der Waals surface area (Å²) in [6.45, 7) is 9.94. The molecule has 0 aromatic heterocycles. The second kappa shape index (κ2) is 5.68. The Morgan fingerprint density at radius 1 is 0.783 bits per heavy atom. The maximum absolute atomic E-state index is 2.54. The summed E-state index contributed by atoms with van der Waals surface area (Å²) in [4.78, 5) is 0. The summed E-state index contributed by atoms with van der Waals surface area (Å²) in [5.74, 6) is 0. The summed E-state index contributed by atoms with van der Waals surface area (Å²) in [5, 5.41) is 0.423. The van der Waals surface area contributed by atoms with Crippen LogP contribution in [0.3, 0.4) is 0 Å². The summed E-state index contributed by atoms with van der Waals surface area (Å²) >= 11 is 0. The van der Waals surface area contributed by atoms with Gasteiger partial charge in [0.2, 0.25) is 0 Å². The molecule has 4 rings (SSSR count). The van der Waals surface area contributed by atoms with Crippen molar-refractivity contribution in [2.45, 2.75) is 49.6 Å². The first-order valence-corrected chi connectivity index (χ1v) is 12.2. The quantitative estimate of drug-likeness (QED) is 0.496. The number of fused-ring (bicyclic) bond motifs is 2. The molecule has 0 bridgehead atoms. The van der Waals surface area contributed by atoms with Gasteiger partial charge in [-0.2, -0.15) is 0 Å². The topological polar surface area (TPSA) is 0 Å². The van der Waals surface area contributed by atoms with Crippen LogP contribution in [0.4, 0.5) is 0 Å².